The molecule has 110 valence electrons. The molecular formula is C16H24N2O2. The highest BCUT2D eigenvalue weighted by atomic mass is 16.5. The number of benzene rings is 1. The quantitative estimate of drug-likeness (QED) is 0.680. The molecule has 0 aliphatic carbocycles. The van der Waals surface area contributed by atoms with E-state index in [0.29, 0.717) is 29.9 Å². The van der Waals surface area contributed by atoms with E-state index in [0.717, 1.165) is 18.5 Å². The molecule has 0 spiro atoms. The Balaban J connectivity index is 2.37. The fourth-order valence-electron chi connectivity index (χ4n) is 3.06. The standard InChI is InChI=1S/C16H24N2O2/c1-4-20-16(19)13-9-6-10-14(15(13)17)18-11(2)7-5-8-12(18)3/h6,9-12H,4-5,7-8,17H2,1-3H3/t11-,12+. The van der Waals surface area contributed by atoms with Gasteiger partial charge < -0.3 is 15.4 Å². The Labute approximate surface area is 120 Å². The minimum Gasteiger partial charge on any atom is -0.462 e. The fraction of sp³-hybridized carbons (Fsp3) is 0.562. The Hall–Kier alpha value is -1.71. The average Bonchev–Trinajstić information content (AvgIpc) is 2.40. The first-order valence-electron chi connectivity index (χ1n) is 7.40. The van der Waals surface area contributed by atoms with Crippen LogP contribution in [0.4, 0.5) is 11.4 Å². The van der Waals surface area contributed by atoms with Gasteiger partial charge in [-0.3, -0.25) is 0 Å². The van der Waals surface area contributed by atoms with Crippen LogP contribution < -0.4 is 10.6 Å². The largest absolute Gasteiger partial charge is 0.462 e. The number of piperidine rings is 1. The highest BCUT2D eigenvalue weighted by Crippen LogP contribution is 2.34. The van der Waals surface area contributed by atoms with Gasteiger partial charge in [-0.25, -0.2) is 4.79 Å². The molecule has 0 radical (unpaired) electrons. The third kappa shape index (κ3) is 2.74. The molecule has 1 aromatic carbocycles. The van der Waals surface area contributed by atoms with Crippen LogP contribution in [-0.2, 0) is 4.74 Å². The third-order valence-corrected chi connectivity index (χ3v) is 4.05. The highest BCUT2D eigenvalue weighted by molar-refractivity contribution is 5.98. The summed E-state index contributed by atoms with van der Waals surface area (Å²) in [5.41, 5.74) is 8.18. The number of nitrogens with zero attached hydrogens (tertiary/aromatic N) is 1. The van der Waals surface area contributed by atoms with Crippen molar-refractivity contribution >= 4 is 17.3 Å². The second kappa shape index (κ2) is 6.16. The number of nitrogens with two attached hydrogens (primary N) is 1. The molecule has 1 aliphatic rings. The van der Waals surface area contributed by atoms with Crippen LogP contribution in [0, 0.1) is 0 Å². The Kier molecular flexibility index (Phi) is 4.53. The zero-order valence-electron chi connectivity index (χ0n) is 12.6. The summed E-state index contributed by atoms with van der Waals surface area (Å²) >= 11 is 0. The molecule has 4 nitrogen and oxygen atoms in total. The van der Waals surface area contributed by atoms with E-state index in [1.807, 2.05) is 12.1 Å². The number of hydrogen-bond acceptors (Lipinski definition) is 4. The van der Waals surface area contributed by atoms with Crippen LogP contribution in [0.15, 0.2) is 18.2 Å². The summed E-state index contributed by atoms with van der Waals surface area (Å²) in [4.78, 5) is 14.3. The molecule has 2 atom stereocenters. The summed E-state index contributed by atoms with van der Waals surface area (Å²) in [6, 6.07) is 6.50. The lowest BCUT2D eigenvalue weighted by Gasteiger charge is -2.41. The van der Waals surface area contributed by atoms with Crippen molar-refractivity contribution in [1.29, 1.82) is 0 Å². The van der Waals surface area contributed by atoms with Crippen LogP contribution in [0.5, 0.6) is 0 Å². The normalized spacial score (nSPS) is 22.6. The van der Waals surface area contributed by atoms with E-state index in [1.165, 1.54) is 6.42 Å². The van der Waals surface area contributed by atoms with Crippen molar-refractivity contribution in [2.45, 2.75) is 52.1 Å². The van der Waals surface area contributed by atoms with Gasteiger partial charge >= 0.3 is 5.97 Å². The monoisotopic (exact) mass is 276 g/mol. The lowest BCUT2D eigenvalue weighted by atomic mass is 9.95. The molecule has 1 heterocycles. The molecule has 2 rings (SSSR count). The SMILES string of the molecule is CCOC(=O)c1cccc(N2[C@H](C)CCC[C@@H]2C)c1N. The first-order valence-corrected chi connectivity index (χ1v) is 7.40. The molecule has 0 bridgehead atoms. The number of ether oxygens (including phenoxy) is 1. The number of nitrogen functional groups attached to an aromatic ring is 1. The maximum Gasteiger partial charge on any atom is 0.340 e. The van der Waals surface area contributed by atoms with E-state index in [-0.39, 0.29) is 5.97 Å². The van der Waals surface area contributed by atoms with E-state index in [2.05, 4.69) is 18.7 Å². The zero-order chi connectivity index (χ0) is 14.7. The number of hydrogen-bond donors (Lipinski definition) is 1. The van der Waals surface area contributed by atoms with Gasteiger partial charge in [0.2, 0.25) is 0 Å². The Morgan fingerprint density at radius 2 is 2.00 bits per heavy atom. The molecule has 0 aromatic heterocycles. The van der Waals surface area contributed by atoms with E-state index in [4.69, 9.17) is 10.5 Å². The second-order valence-corrected chi connectivity index (χ2v) is 5.50. The molecule has 4 heteroatoms. The van der Waals surface area contributed by atoms with Gasteiger partial charge in [0.15, 0.2) is 0 Å². The number of carbonyl (C=O) groups is 1. The minimum atomic E-state index is -0.343. The Morgan fingerprint density at radius 1 is 1.35 bits per heavy atom. The molecule has 1 aromatic rings. The van der Waals surface area contributed by atoms with Gasteiger partial charge in [0.05, 0.1) is 23.5 Å². The molecule has 1 saturated heterocycles. The molecule has 20 heavy (non-hydrogen) atoms. The number of anilines is 2. The first kappa shape index (κ1) is 14.7. The summed E-state index contributed by atoms with van der Waals surface area (Å²) in [6.45, 7) is 6.59. The van der Waals surface area contributed by atoms with E-state index < -0.39 is 0 Å². The lowest BCUT2D eigenvalue weighted by Crippen LogP contribution is -2.44. The first-order chi connectivity index (χ1) is 9.56. The van der Waals surface area contributed by atoms with Crippen molar-refractivity contribution in [3.05, 3.63) is 23.8 Å². The minimum absolute atomic E-state index is 0.343. The lowest BCUT2D eigenvalue weighted by molar-refractivity contribution is 0.0527. The van der Waals surface area contributed by atoms with Gasteiger partial charge in [-0.1, -0.05) is 6.07 Å². The van der Waals surface area contributed by atoms with Gasteiger partial charge in [-0.2, -0.15) is 0 Å². The van der Waals surface area contributed by atoms with Crippen LogP contribution >= 0.6 is 0 Å². The average molecular weight is 276 g/mol. The van der Waals surface area contributed by atoms with Crippen molar-refractivity contribution in [2.24, 2.45) is 0 Å². The van der Waals surface area contributed by atoms with Gasteiger partial charge in [-0.05, 0) is 52.2 Å². The van der Waals surface area contributed by atoms with Crippen molar-refractivity contribution < 1.29 is 9.53 Å². The predicted octanol–water partition coefficient (Wildman–Crippen LogP) is 3.21. The maximum absolute atomic E-state index is 11.9. The molecule has 2 N–H and O–H groups in total. The summed E-state index contributed by atoms with van der Waals surface area (Å²) in [6.07, 6.45) is 3.57. The van der Waals surface area contributed by atoms with E-state index in [1.54, 1.807) is 13.0 Å². The van der Waals surface area contributed by atoms with Crippen LogP contribution in [0.2, 0.25) is 0 Å². The summed E-state index contributed by atoms with van der Waals surface area (Å²) in [5.74, 6) is -0.343. The summed E-state index contributed by atoms with van der Waals surface area (Å²) in [5, 5.41) is 0. The number of esters is 1. The van der Waals surface area contributed by atoms with Gasteiger partial charge in [0, 0.05) is 12.1 Å². The van der Waals surface area contributed by atoms with Crippen LogP contribution in [0.3, 0.4) is 0 Å². The topological polar surface area (TPSA) is 55.6 Å². The van der Waals surface area contributed by atoms with E-state index >= 15 is 0 Å². The van der Waals surface area contributed by atoms with Crippen LogP contribution in [0.1, 0.15) is 50.4 Å². The maximum atomic E-state index is 11.9. The molecule has 1 aliphatic heterocycles. The number of para-hydroxylation sites is 1. The highest BCUT2D eigenvalue weighted by Gasteiger charge is 2.27. The predicted molar refractivity (Wildman–Crippen MR) is 82.1 cm³/mol. The molecule has 0 saturated carbocycles. The number of carbonyl (C=O) groups excluding carboxylic acids is 1. The van der Waals surface area contributed by atoms with Crippen LogP contribution in [0.25, 0.3) is 0 Å². The second-order valence-electron chi connectivity index (χ2n) is 5.50. The third-order valence-electron chi connectivity index (χ3n) is 4.05. The van der Waals surface area contributed by atoms with Crippen molar-refractivity contribution in [2.75, 3.05) is 17.2 Å². The van der Waals surface area contributed by atoms with Gasteiger partial charge in [-0.15, -0.1) is 0 Å². The van der Waals surface area contributed by atoms with Gasteiger partial charge in [0.25, 0.3) is 0 Å². The van der Waals surface area contributed by atoms with Crippen molar-refractivity contribution in [3.63, 3.8) is 0 Å². The van der Waals surface area contributed by atoms with Crippen molar-refractivity contribution in [3.8, 4) is 0 Å². The Bertz CT molecular complexity index is 477. The Morgan fingerprint density at radius 3 is 2.60 bits per heavy atom. The van der Waals surface area contributed by atoms with Crippen molar-refractivity contribution in [1.82, 2.24) is 0 Å². The summed E-state index contributed by atoms with van der Waals surface area (Å²) < 4.78 is 5.07. The molecular weight excluding hydrogens is 252 g/mol. The fourth-order valence-corrected chi connectivity index (χ4v) is 3.06. The molecule has 1 fully saturated rings. The zero-order valence-corrected chi connectivity index (χ0v) is 12.6. The summed E-state index contributed by atoms with van der Waals surface area (Å²) in [7, 11) is 0. The molecule has 0 amide bonds. The van der Waals surface area contributed by atoms with Gasteiger partial charge in [0.1, 0.15) is 0 Å². The molecule has 0 unspecified atom stereocenters. The number of rotatable bonds is 3. The van der Waals surface area contributed by atoms with E-state index in [9.17, 15) is 4.79 Å². The van der Waals surface area contributed by atoms with Crippen LogP contribution in [-0.4, -0.2) is 24.7 Å². The smallest absolute Gasteiger partial charge is 0.340 e.